The van der Waals surface area contributed by atoms with E-state index in [1.807, 2.05) is 18.3 Å². The Bertz CT molecular complexity index is 290. The largest absolute Gasteiger partial charge is 0.385 e. The zero-order valence-corrected chi connectivity index (χ0v) is 11.1. The van der Waals surface area contributed by atoms with Crippen LogP contribution in [-0.2, 0) is 4.74 Å². The number of hydrogen-bond donors (Lipinski definition) is 1. The van der Waals surface area contributed by atoms with Crippen LogP contribution in [0.25, 0.3) is 0 Å². The van der Waals surface area contributed by atoms with Gasteiger partial charge in [0, 0.05) is 19.9 Å². The van der Waals surface area contributed by atoms with Gasteiger partial charge in [0.1, 0.15) is 0 Å². The van der Waals surface area contributed by atoms with E-state index >= 15 is 0 Å². The molecule has 3 heteroatoms. The molecule has 0 saturated heterocycles. The van der Waals surface area contributed by atoms with Gasteiger partial charge in [0.2, 0.25) is 0 Å². The Morgan fingerprint density at radius 3 is 2.82 bits per heavy atom. The molecule has 1 aromatic rings. The zero-order chi connectivity index (χ0) is 12.5. The Balaban J connectivity index is 2.66. The van der Waals surface area contributed by atoms with Crippen LogP contribution in [-0.4, -0.2) is 25.2 Å². The van der Waals surface area contributed by atoms with Crippen molar-refractivity contribution in [2.75, 3.05) is 20.3 Å². The molecule has 0 aliphatic heterocycles. The number of aromatic nitrogens is 1. The Morgan fingerprint density at radius 2 is 2.24 bits per heavy atom. The minimum absolute atomic E-state index is 0.325. The van der Waals surface area contributed by atoms with E-state index in [9.17, 15) is 0 Å². The molecule has 0 saturated carbocycles. The molecule has 0 spiro atoms. The Labute approximate surface area is 105 Å². The summed E-state index contributed by atoms with van der Waals surface area (Å²) in [7, 11) is 1.75. The van der Waals surface area contributed by atoms with E-state index in [1.54, 1.807) is 7.11 Å². The molecule has 3 nitrogen and oxygen atoms in total. The van der Waals surface area contributed by atoms with Crippen LogP contribution in [0.3, 0.4) is 0 Å². The molecule has 96 valence electrons. The lowest BCUT2D eigenvalue weighted by atomic mass is 9.95. The van der Waals surface area contributed by atoms with Crippen LogP contribution in [0, 0.1) is 5.92 Å². The van der Waals surface area contributed by atoms with Crippen LogP contribution in [0.2, 0.25) is 0 Å². The van der Waals surface area contributed by atoms with E-state index in [1.165, 1.54) is 0 Å². The first-order chi connectivity index (χ1) is 8.29. The van der Waals surface area contributed by atoms with Gasteiger partial charge in [0.15, 0.2) is 0 Å². The predicted molar refractivity (Wildman–Crippen MR) is 70.9 cm³/mol. The normalized spacial score (nSPS) is 14.5. The first kappa shape index (κ1) is 14.1. The van der Waals surface area contributed by atoms with Crippen molar-refractivity contribution in [3.63, 3.8) is 0 Å². The molecular weight excluding hydrogens is 212 g/mol. The fourth-order valence-corrected chi connectivity index (χ4v) is 1.93. The Morgan fingerprint density at radius 1 is 1.41 bits per heavy atom. The summed E-state index contributed by atoms with van der Waals surface area (Å²) in [5.74, 6) is 0.524. The molecule has 0 fully saturated rings. The third-order valence-corrected chi connectivity index (χ3v) is 2.97. The minimum atomic E-state index is 0.325. The van der Waals surface area contributed by atoms with E-state index in [0.717, 1.165) is 31.7 Å². The molecule has 1 rings (SSSR count). The summed E-state index contributed by atoms with van der Waals surface area (Å²) in [6, 6.07) is 6.43. The molecule has 2 unspecified atom stereocenters. The number of ether oxygens (including phenoxy) is 1. The van der Waals surface area contributed by atoms with Crippen molar-refractivity contribution in [3.05, 3.63) is 30.1 Å². The van der Waals surface area contributed by atoms with E-state index in [2.05, 4.69) is 30.2 Å². The second-order valence-corrected chi connectivity index (χ2v) is 4.45. The summed E-state index contributed by atoms with van der Waals surface area (Å²) in [6.45, 7) is 6.26. The summed E-state index contributed by atoms with van der Waals surface area (Å²) in [6.07, 6.45) is 4.05. The van der Waals surface area contributed by atoms with Crippen LogP contribution in [0.1, 0.15) is 38.4 Å². The van der Waals surface area contributed by atoms with Crippen LogP contribution >= 0.6 is 0 Å². The summed E-state index contributed by atoms with van der Waals surface area (Å²) >= 11 is 0. The first-order valence-electron chi connectivity index (χ1n) is 6.42. The van der Waals surface area contributed by atoms with Crippen LogP contribution < -0.4 is 5.32 Å². The van der Waals surface area contributed by atoms with Gasteiger partial charge in [-0.1, -0.05) is 19.9 Å². The average Bonchev–Trinajstić information content (AvgIpc) is 2.38. The first-order valence-corrected chi connectivity index (χ1v) is 6.42. The number of methoxy groups -OCH3 is 1. The van der Waals surface area contributed by atoms with Crippen molar-refractivity contribution in [3.8, 4) is 0 Å². The average molecular weight is 236 g/mol. The Kier molecular flexibility index (Phi) is 6.82. The van der Waals surface area contributed by atoms with Gasteiger partial charge in [-0.2, -0.15) is 0 Å². The maximum atomic E-state index is 5.15. The zero-order valence-electron chi connectivity index (χ0n) is 11.1. The van der Waals surface area contributed by atoms with E-state index in [-0.39, 0.29) is 0 Å². The fourth-order valence-electron chi connectivity index (χ4n) is 1.93. The van der Waals surface area contributed by atoms with Gasteiger partial charge in [-0.3, -0.25) is 4.98 Å². The summed E-state index contributed by atoms with van der Waals surface area (Å²) in [5, 5.41) is 3.58. The molecule has 1 N–H and O–H groups in total. The highest BCUT2D eigenvalue weighted by atomic mass is 16.5. The number of hydrogen-bond acceptors (Lipinski definition) is 3. The quantitative estimate of drug-likeness (QED) is 0.753. The molecule has 0 aliphatic rings. The van der Waals surface area contributed by atoms with E-state index in [0.29, 0.717) is 12.0 Å². The highest BCUT2D eigenvalue weighted by molar-refractivity contribution is 5.09. The number of nitrogens with one attached hydrogen (secondary N) is 1. The summed E-state index contributed by atoms with van der Waals surface area (Å²) in [4.78, 5) is 4.46. The van der Waals surface area contributed by atoms with Gasteiger partial charge in [-0.15, -0.1) is 0 Å². The molecule has 0 aromatic carbocycles. The molecule has 1 heterocycles. The summed E-state index contributed by atoms with van der Waals surface area (Å²) in [5.41, 5.74) is 1.13. The van der Waals surface area contributed by atoms with Crippen molar-refractivity contribution < 1.29 is 4.74 Å². The number of rotatable bonds is 8. The molecule has 2 atom stereocenters. The minimum Gasteiger partial charge on any atom is -0.385 e. The lowest BCUT2D eigenvalue weighted by Gasteiger charge is -2.24. The van der Waals surface area contributed by atoms with Gasteiger partial charge < -0.3 is 10.1 Å². The van der Waals surface area contributed by atoms with Crippen molar-refractivity contribution in [1.82, 2.24) is 10.3 Å². The fraction of sp³-hybridized carbons (Fsp3) is 0.643. The molecular formula is C14H24N2O. The van der Waals surface area contributed by atoms with Crippen LogP contribution in [0.15, 0.2) is 24.4 Å². The topological polar surface area (TPSA) is 34.2 Å². The van der Waals surface area contributed by atoms with Crippen molar-refractivity contribution in [2.24, 2.45) is 5.92 Å². The van der Waals surface area contributed by atoms with Gasteiger partial charge in [-0.05, 0) is 37.4 Å². The monoisotopic (exact) mass is 236 g/mol. The standard InChI is InChI=1S/C14H24N2O/c1-4-9-16-14(12(2)8-11-17-3)13-7-5-6-10-15-13/h5-7,10,12,14,16H,4,8-9,11H2,1-3H3. The maximum Gasteiger partial charge on any atom is 0.0575 e. The van der Waals surface area contributed by atoms with Crippen molar-refractivity contribution in [1.29, 1.82) is 0 Å². The third-order valence-electron chi connectivity index (χ3n) is 2.97. The molecule has 17 heavy (non-hydrogen) atoms. The van der Waals surface area contributed by atoms with Crippen LogP contribution in [0.4, 0.5) is 0 Å². The van der Waals surface area contributed by atoms with Gasteiger partial charge in [0.25, 0.3) is 0 Å². The second kappa shape index (κ2) is 8.20. The maximum absolute atomic E-state index is 5.15. The predicted octanol–water partition coefficient (Wildman–Crippen LogP) is 2.79. The van der Waals surface area contributed by atoms with Gasteiger partial charge in [0.05, 0.1) is 11.7 Å². The number of pyridine rings is 1. The smallest absolute Gasteiger partial charge is 0.0575 e. The van der Waals surface area contributed by atoms with E-state index in [4.69, 9.17) is 4.74 Å². The molecule has 0 bridgehead atoms. The van der Waals surface area contributed by atoms with Gasteiger partial charge >= 0.3 is 0 Å². The molecule has 0 amide bonds. The summed E-state index contributed by atoms with van der Waals surface area (Å²) < 4.78 is 5.15. The van der Waals surface area contributed by atoms with Crippen LogP contribution in [0.5, 0.6) is 0 Å². The second-order valence-electron chi connectivity index (χ2n) is 4.45. The van der Waals surface area contributed by atoms with E-state index < -0.39 is 0 Å². The Hall–Kier alpha value is -0.930. The van der Waals surface area contributed by atoms with Crippen molar-refractivity contribution >= 4 is 0 Å². The van der Waals surface area contributed by atoms with Gasteiger partial charge in [-0.25, -0.2) is 0 Å². The lowest BCUT2D eigenvalue weighted by molar-refractivity contribution is 0.169. The lowest BCUT2D eigenvalue weighted by Crippen LogP contribution is -2.29. The third kappa shape index (κ3) is 4.84. The SMILES string of the molecule is CCCNC(c1ccccn1)C(C)CCOC. The molecule has 1 aromatic heterocycles. The highest BCUT2D eigenvalue weighted by Crippen LogP contribution is 2.22. The molecule has 0 aliphatic carbocycles. The highest BCUT2D eigenvalue weighted by Gasteiger charge is 2.19. The van der Waals surface area contributed by atoms with Crippen molar-refractivity contribution in [2.45, 2.75) is 32.7 Å². The molecule has 0 radical (unpaired) electrons. The number of nitrogens with zero attached hydrogens (tertiary/aromatic N) is 1.